The Balaban J connectivity index is 1.55. The number of ether oxygens (including phenoxy) is 1. The number of esters is 1. The second kappa shape index (κ2) is 4.33. The lowest BCUT2D eigenvalue weighted by molar-refractivity contribution is 0.0401. The average molecular weight is 251 g/mol. The van der Waals surface area contributed by atoms with Gasteiger partial charge in [-0.3, -0.25) is 0 Å². The summed E-state index contributed by atoms with van der Waals surface area (Å²) in [5, 5.41) is 1.82. The molecule has 92 valence electrons. The SMILES string of the molecule is Nc1ccsc1C(=O)OCC1CC2CCC1C2. The minimum absolute atomic E-state index is 0.250. The molecule has 0 amide bonds. The number of carbonyl (C=O) groups is 1. The van der Waals surface area contributed by atoms with Crippen LogP contribution in [0.4, 0.5) is 5.69 Å². The number of hydrogen-bond acceptors (Lipinski definition) is 4. The fourth-order valence-electron chi connectivity index (χ4n) is 3.31. The largest absolute Gasteiger partial charge is 0.461 e. The Hall–Kier alpha value is -1.03. The van der Waals surface area contributed by atoms with E-state index >= 15 is 0 Å². The van der Waals surface area contributed by atoms with Crippen molar-refractivity contribution in [3.63, 3.8) is 0 Å². The molecule has 3 rings (SSSR count). The van der Waals surface area contributed by atoms with E-state index < -0.39 is 0 Å². The molecule has 2 aliphatic rings. The Bertz CT molecular complexity index is 429. The van der Waals surface area contributed by atoms with Gasteiger partial charge in [0.05, 0.1) is 12.3 Å². The summed E-state index contributed by atoms with van der Waals surface area (Å²) in [6.07, 6.45) is 5.31. The van der Waals surface area contributed by atoms with E-state index in [-0.39, 0.29) is 5.97 Å². The predicted octanol–water partition coefficient (Wildman–Crippen LogP) is 2.92. The van der Waals surface area contributed by atoms with E-state index in [1.54, 1.807) is 6.07 Å². The maximum absolute atomic E-state index is 11.8. The quantitative estimate of drug-likeness (QED) is 0.840. The molecule has 0 aromatic carbocycles. The van der Waals surface area contributed by atoms with E-state index in [0.29, 0.717) is 23.1 Å². The molecule has 0 spiro atoms. The fraction of sp³-hybridized carbons (Fsp3) is 0.615. The van der Waals surface area contributed by atoms with Crippen molar-refractivity contribution in [1.82, 2.24) is 0 Å². The molecule has 2 bridgehead atoms. The highest BCUT2D eigenvalue weighted by Crippen LogP contribution is 2.48. The lowest BCUT2D eigenvalue weighted by Crippen LogP contribution is -2.19. The second-order valence-corrected chi connectivity index (χ2v) is 6.15. The predicted molar refractivity (Wildman–Crippen MR) is 68.0 cm³/mol. The average Bonchev–Trinajstić information content (AvgIpc) is 3.01. The van der Waals surface area contributed by atoms with Crippen LogP contribution in [0.25, 0.3) is 0 Å². The van der Waals surface area contributed by atoms with Crippen LogP contribution >= 0.6 is 11.3 Å². The standard InChI is InChI=1S/C13H17NO2S/c14-11-3-4-17-12(11)13(15)16-7-10-6-8-1-2-9(10)5-8/h3-4,8-10H,1-2,5-7,14H2. The van der Waals surface area contributed by atoms with Crippen molar-refractivity contribution in [3.05, 3.63) is 16.3 Å². The fourth-order valence-corrected chi connectivity index (χ4v) is 4.02. The van der Waals surface area contributed by atoms with Gasteiger partial charge in [0.25, 0.3) is 0 Å². The van der Waals surface area contributed by atoms with E-state index in [1.165, 1.54) is 37.0 Å². The van der Waals surface area contributed by atoms with Crippen LogP contribution in [0.5, 0.6) is 0 Å². The van der Waals surface area contributed by atoms with Crippen LogP contribution in [0.1, 0.15) is 35.4 Å². The first kappa shape index (κ1) is 11.1. The van der Waals surface area contributed by atoms with Crippen LogP contribution in [0, 0.1) is 17.8 Å². The van der Waals surface area contributed by atoms with Crippen molar-refractivity contribution in [2.75, 3.05) is 12.3 Å². The van der Waals surface area contributed by atoms with Gasteiger partial charge in [0, 0.05) is 0 Å². The number of nitrogens with two attached hydrogens (primary N) is 1. The van der Waals surface area contributed by atoms with Gasteiger partial charge in [-0.1, -0.05) is 6.42 Å². The topological polar surface area (TPSA) is 52.3 Å². The second-order valence-electron chi connectivity index (χ2n) is 5.24. The minimum atomic E-state index is -0.250. The number of nitrogen functional groups attached to an aromatic ring is 1. The summed E-state index contributed by atoms with van der Waals surface area (Å²) in [7, 11) is 0. The molecule has 3 nitrogen and oxygen atoms in total. The maximum atomic E-state index is 11.8. The summed E-state index contributed by atoms with van der Waals surface area (Å²) in [5.74, 6) is 2.04. The lowest BCUT2D eigenvalue weighted by atomic mass is 9.90. The van der Waals surface area contributed by atoms with Crippen molar-refractivity contribution in [2.45, 2.75) is 25.7 Å². The van der Waals surface area contributed by atoms with E-state index in [1.807, 2.05) is 5.38 Å². The molecule has 0 aliphatic heterocycles. The van der Waals surface area contributed by atoms with E-state index in [0.717, 1.165) is 11.8 Å². The smallest absolute Gasteiger partial charge is 0.350 e. The van der Waals surface area contributed by atoms with Gasteiger partial charge in [-0.2, -0.15) is 0 Å². The van der Waals surface area contributed by atoms with Gasteiger partial charge >= 0.3 is 5.97 Å². The summed E-state index contributed by atoms with van der Waals surface area (Å²) in [5.41, 5.74) is 6.23. The Kier molecular flexibility index (Phi) is 2.82. The molecule has 4 heteroatoms. The van der Waals surface area contributed by atoms with Crippen molar-refractivity contribution in [1.29, 1.82) is 0 Å². The van der Waals surface area contributed by atoms with Crippen molar-refractivity contribution in [2.24, 2.45) is 17.8 Å². The van der Waals surface area contributed by atoms with Gasteiger partial charge in [0.15, 0.2) is 0 Å². The third-order valence-electron chi connectivity index (χ3n) is 4.19. The number of carbonyl (C=O) groups excluding carboxylic acids is 1. The molecule has 1 aromatic rings. The summed E-state index contributed by atoms with van der Waals surface area (Å²) in [6.45, 7) is 0.581. The number of hydrogen-bond donors (Lipinski definition) is 1. The van der Waals surface area contributed by atoms with Crippen LogP contribution < -0.4 is 5.73 Å². The van der Waals surface area contributed by atoms with Crippen molar-refractivity contribution < 1.29 is 9.53 Å². The maximum Gasteiger partial charge on any atom is 0.350 e. The molecule has 2 saturated carbocycles. The number of rotatable bonds is 3. The Morgan fingerprint density at radius 1 is 1.47 bits per heavy atom. The third-order valence-corrected chi connectivity index (χ3v) is 5.10. The highest BCUT2D eigenvalue weighted by Gasteiger charge is 2.39. The number of thiophene rings is 1. The van der Waals surface area contributed by atoms with Gasteiger partial charge in [0.1, 0.15) is 4.88 Å². The summed E-state index contributed by atoms with van der Waals surface area (Å²) in [6, 6.07) is 1.75. The monoisotopic (exact) mass is 251 g/mol. The highest BCUT2D eigenvalue weighted by atomic mass is 32.1. The molecule has 2 aliphatic carbocycles. The molecule has 17 heavy (non-hydrogen) atoms. The van der Waals surface area contributed by atoms with Crippen molar-refractivity contribution in [3.8, 4) is 0 Å². The zero-order chi connectivity index (χ0) is 11.8. The molecule has 3 atom stereocenters. The Morgan fingerprint density at radius 2 is 2.35 bits per heavy atom. The molecular formula is C13H17NO2S. The molecule has 1 aromatic heterocycles. The van der Waals surface area contributed by atoms with Crippen LogP contribution in [-0.4, -0.2) is 12.6 Å². The van der Waals surface area contributed by atoms with Crippen LogP contribution in [0.2, 0.25) is 0 Å². The zero-order valence-corrected chi connectivity index (χ0v) is 10.5. The zero-order valence-electron chi connectivity index (χ0n) is 9.72. The molecule has 0 radical (unpaired) electrons. The summed E-state index contributed by atoms with van der Waals surface area (Å²) >= 11 is 1.36. The van der Waals surface area contributed by atoms with Gasteiger partial charge in [-0.05, 0) is 48.5 Å². The van der Waals surface area contributed by atoms with Gasteiger partial charge in [-0.25, -0.2) is 4.79 Å². The summed E-state index contributed by atoms with van der Waals surface area (Å²) < 4.78 is 5.40. The van der Waals surface area contributed by atoms with Gasteiger partial charge in [0.2, 0.25) is 0 Å². The molecular weight excluding hydrogens is 234 g/mol. The molecule has 2 N–H and O–H groups in total. The van der Waals surface area contributed by atoms with E-state index in [4.69, 9.17) is 10.5 Å². The van der Waals surface area contributed by atoms with Crippen LogP contribution in [0.15, 0.2) is 11.4 Å². The van der Waals surface area contributed by atoms with Gasteiger partial charge < -0.3 is 10.5 Å². The normalized spacial score (nSPS) is 30.7. The molecule has 2 fully saturated rings. The van der Waals surface area contributed by atoms with Crippen LogP contribution in [0.3, 0.4) is 0 Å². The Labute approximate surface area is 105 Å². The highest BCUT2D eigenvalue weighted by molar-refractivity contribution is 7.12. The molecule has 3 unspecified atom stereocenters. The third kappa shape index (κ3) is 2.06. The Morgan fingerprint density at radius 3 is 2.94 bits per heavy atom. The van der Waals surface area contributed by atoms with E-state index in [9.17, 15) is 4.79 Å². The first-order valence-electron chi connectivity index (χ1n) is 6.24. The number of fused-ring (bicyclic) bond motifs is 2. The van der Waals surface area contributed by atoms with Gasteiger partial charge in [-0.15, -0.1) is 11.3 Å². The first-order valence-corrected chi connectivity index (χ1v) is 7.12. The lowest BCUT2D eigenvalue weighted by Gasteiger charge is -2.20. The first-order chi connectivity index (χ1) is 8.24. The molecule has 1 heterocycles. The number of anilines is 1. The van der Waals surface area contributed by atoms with Crippen molar-refractivity contribution >= 4 is 23.0 Å². The van der Waals surface area contributed by atoms with E-state index in [2.05, 4.69) is 0 Å². The van der Waals surface area contributed by atoms with Crippen LogP contribution in [-0.2, 0) is 4.74 Å². The minimum Gasteiger partial charge on any atom is -0.461 e. The summed E-state index contributed by atoms with van der Waals surface area (Å²) in [4.78, 5) is 12.3. The molecule has 0 saturated heterocycles.